The van der Waals surface area contributed by atoms with Crippen molar-refractivity contribution >= 4 is 28.8 Å². The standard InChI is InChI=1S/C22H21NO7/c1-12-17(24)7-6-14-13(10-19(26)30-20(12)14)11-29-18(25)8-9-23-21(27)15-4-2-3-5-16(15)22(23)28/h2-3,6-7,10,15-16,24H,4-5,8-9,11H2,1H3/t15-,16-/m0/s1. The van der Waals surface area contributed by atoms with Gasteiger partial charge in [0.1, 0.15) is 17.9 Å². The van der Waals surface area contributed by atoms with Crippen molar-refractivity contribution in [3.8, 4) is 5.75 Å². The summed E-state index contributed by atoms with van der Waals surface area (Å²) in [7, 11) is 0. The number of amides is 2. The number of allylic oxidation sites excluding steroid dienone is 2. The number of aromatic hydroxyl groups is 1. The highest BCUT2D eigenvalue weighted by atomic mass is 16.5. The maximum Gasteiger partial charge on any atom is 0.336 e. The summed E-state index contributed by atoms with van der Waals surface area (Å²) in [6.45, 7) is 1.43. The van der Waals surface area contributed by atoms with Crippen LogP contribution in [0.1, 0.15) is 30.4 Å². The number of hydrogen-bond donors (Lipinski definition) is 1. The third-order valence-electron chi connectivity index (χ3n) is 5.75. The maximum absolute atomic E-state index is 12.4. The minimum atomic E-state index is -0.619. The Morgan fingerprint density at radius 2 is 1.83 bits per heavy atom. The number of rotatable bonds is 5. The van der Waals surface area contributed by atoms with Crippen molar-refractivity contribution in [2.45, 2.75) is 32.8 Å². The number of likely N-dealkylation sites (tertiary alicyclic amines) is 1. The number of esters is 1. The molecule has 1 aliphatic heterocycles. The highest BCUT2D eigenvalue weighted by Gasteiger charge is 2.46. The molecule has 0 radical (unpaired) electrons. The van der Waals surface area contributed by atoms with E-state index in [4.69, 9.17) is 9.15 Å². The van der Waals surface area contributed by atoms with E-state index in [0.29, 0.717) is 29.4 Å². The zero-order valence-corrected chi connectivity index (χ0v) is 16.4. The van der Waals surface area contributed by atoms with Gasteiger partial charge in [0, 0.05) is 29.1 Å². The predicted molar refractivity (Wildman–Crippen MR) is 105 cm³/mol. The van der Waals surface area contributed by atoms with E-state index in [-0.39, 0.29) is 54.6 Å². The first-order valence-corrected chi connectivity index (χ1v) is 9.78. The van der Waals surface area contributed by atoms with Gasteiger partial charge in [0.25, 0.3) is 0 Å². The highest BCUT2D eigenvalue weighted by molar-refractivity contribution is 6.05. The number of ether oxygens (including phenoxy) is 1. The number of carbonyl (C=O) groups excluding carboxylic acids is 3. The zero-order chi connectivity index (χ0) is 21.4. The zero-order valence-electron chi connectivity index (χ0n) is 16.4. The van der Waals surface area contributed by atoms with E-state index in [0.717, 1.165) is 4.90 Å². The smallest absolute Gasteiger partial charge is 0.336 e. The molecule has 8 heteroatoms. The quantitative estimate of drug-likeness (QED) is 0.347. The number of phenols is 1. The molecule has 2 atom stereocenters. The number of carbonyl (C=O) groups is 3. The van der Waals surface area contributed by atoms with Crippen LogP contribution in [0.15, 0.2) is 39.6 Å². The fourth-order valence-electron chi connectivity index (χ4n) is 4.06. The Hall–Kier alpha value is -3.42. The predicted octanol–water partition coefficient (Wildman–Crippen LogP) is 2.19. The molecule has 8 nitrogen and oxygen atoms in total. The van der Waals surface area contributed by atoms with Gasteiger partial charge >= 0.3 is 11.6 Å². The second kappa shape index (κ2) is 7.78. The van der Waals surface area contributed by atoms with Gasteiger partial charge in [-0.25, -0.2) is 4.79 Å². The number of fused-ring (bicyclic) bond motifs is 2. The van der Waals surface area contributed by atoms with E-state index in [1.54, 1.807) is 13.0 Å². The van der Waals surface area contributed by atoms with E-state index >= 15 is 0 Å². The number of imide groups is 1. The second-order valence-electron chi connectivity index (χ2n) is 7.57. The highest BCUT2D eigenvalue weighted by Crippen LogP contribution is 2.35. The van der Waals surface area contributed by atoms with Crippen LogP contribution in [0.25, 0.3) is 11.0 Å². The fourth-order valence-corrected chi connectivity index (χ4v) is 4.06. The Morgan fingerprint density at radius 1 is 1.17 bits per heavy atom. The molecule has 0 unspecified atom stereocenters. The molecule has 2 amide bonds. The molecule has 1 aromatic carbocycles. The molecule has 2 aromatic rings. The molecule has 1 saturated heterocycles. The topological polar surface area (TPSA) is 114 Å². The summed E-state index contributed by atoms with van der Waals surface area (Å²) in [6, 6.07) is 4.29. The second-order valence-corrected chi connectivity index (χ2v) is 7.57. The van der Waals surface area contributed by atoms with Crippen LogP contribution in [-0.2, 0) is 25.7 Å². The van der Waals surface area contributed by atoms with Gasteiger partial charge < -0.3 is 14.3 Å². The van der Waals surface area contributed by atoms with Crippen LogP contribution in [0, 0.1) is 18.8 Å². The Bertz CT molecular complexity index is 1100. The Morgan fingerprint density at radius 3 is 2.50 bits per heavy atom. The average molecular weight is 411 g/mol. The van der Waals surface area contributed by atoms with E-state index in [1.807, 2.05) is 12.2 Å². The minimum Gasteiger partial charge on any atom is -0.508 e. The van der Waals surface area contributed by atoms with Gasteiger partial charge in [-0.1, -0.05) is 12.2 Å². The molecule has 0 saturated carbocycles. The first-order chi connectivity index (χ1) is 14.4. The summed E-state index contributed by atoms with van der Waals surface area (Å²) in [4.78, 5) is 50.1. The molecule has 1 N–H and O–H groups in total. The lowest BCUT2D eigenvalue weighted by atomic mass is 9.85. The molecule has 4 rings (SSSR count). The summed E-state index contributed by atoms with van der Waals surface area (Å²) in [5.74, 6) is -1.70. The molecule has 1 fully saturated rings. The first kappa shape index (κ1) is 19.9. The molecule has 1 aliphatic carbocycles. The average Bonchev–Trinajstić information content (AvgIpc) is 2.98. The minimum absolute atomic E-state index is 0.00416. The molecular weight excluding hydrogens is 390 g/mol. The number of aryl methyl sites for hydroxylation is 1. The van der Waals surface area contributed by atoms with Crippen LogP contribution >= 0.6 is 0 Å². The summed E-state index contributed by atoms with van der Waals surface area (Å²) >= 11 is 0. The normalized spacial score (nSPS) is 20.6. The molecule has 2 aliphatic rings. The first-order valence-electron chi connectivity index (χ1n) is 9.78. The van der Waals surface area contributed by atoms with E-state index in [1.165, 1.54) is 12.1 Å². The van der Waals surface area contributed by atoms with Gasteiger partial charge in [-0.3, -0.25) is 19.3 Å². The van der Waals surface area contributed by atoms with Crippen molar-refractivity contribution in [3.05, 3.63) is 51.9 Å². The van der Waals surface area contributed by atoms with E-state index in [9.17, 15) is 24.3 Å². The van der Waals surface area contributed by atoms with Crippen molar-refractivity contribution in [2.24, 2.45) is 11.8 Å². The van der Waals surface area contributed by atoms with Gasteiger partial charge in [0.05, 0.1) is 18.3 Å². The third kappa shape index (κ3) is 3.49. The molecule has 0 spiro atoms. The van der Waals surface area contributed by atoms with Crippen LogP contribution in [-0.4, -0.2) is 34.3 Å². The number of nitrogens with zero attached hydrogens (tertiary/aromatic N) is 1. The molecule has 30 heavy (non-hydrogen) atoms. The van der Waals surface area contributed by atoms with Crippen LogP contribution in [0.3, 0.4) is 0 Å². The number of hydrogen-bond acceptors (Lipinski definition) is 7. The van der Waals surface area contributed by atoms with Gasteiger partial charge in [0.15, 0.2) is 0 Å². The SMILES string of the molecule is Cc1c(O)ccc2c(COC(=O)CCN3C(=O)[C@H]4CC=CC[C@@H]4C3=O)cc(=O)oc12. The van der Waals surface area contributed by atoms with Crippen LogP contribution in [0.4, 0.5) is 0 Å². The van der Waals surface area contributed by atoms with Gasteiger partial charge in [-0.15, -0.1) is 0 Å². The van der Waals surface area contributed by atoms with Crippen LogP contribution in [0.2, 0.25) is 0 Å². The molecule has 1 aromatic heterocycles. The summed E-state index contributed by atoms with van der Waals surface area (Å²) in [5.41, 5.74) is 0.479. The summed E-state index contributed by atoms with van der Waals surface area (Å²) in [5, 5.41) is 10.4. The van der Waals surface area contributed by atoms with Gasteiger partial charge in [0.2, 0.25) is 11.8 Å². The van der Waals surface area contributed by atoms with Crippen molar-refractivity contribution in [1.82, 2.24) is 4.90 Å². The number of benzene rings is 1. The fraction of sp³-hybridized carbons (Fsp3) is 0.364. The lowest BCUT2D eigenvalue weighted by Gasteiger charge is -2.14. The van der Waals surface area contributed by atoms with Gasteiger partial charge in [-0.05, 0) is 31.9 Å². The molecular formula is C22H21NO7. The number of phenolic OH excluding ortho intramolecular Hbond substituents is 1. The largest absolute Gasteiger partial charge is 0.508 e. The van der Waals surface area contributed by atoms with Crippen molar-refractivity contribution in [2.75, 3.05) is 6.54 Å². The summed E-state index contributed by atoms with van der Waals surface area (Å²) < 4.78 is 10.4. The van der Waals surface area contributed by atoms with Crippen LogP contribution in [0.5, 0.6) is 5.75 Å². The van der Waals surface area contributed by atoms with Crippen LogP contribution < -0.4 is 5.63 Å². The molecule has 2 heterocycles. The van der Waals surface area contributed by atoms with Crippen molar-refractivity contribution in [3.63, 3.8) is 0 Å². The Kier molecular flexibility index (Phi) is 5.15. The maximum atomic E-state index is 12.4. The van der Waals surface area contributed by atoms with Crippen molar-refractivity contribution in [1.29, 1.82) is 0 Å². The molecule has 0 bridgehead atoms. The summed E-state index contributed by atoms with van der Waals surface area (Å²) in [6.07, 6.45) is 4.80. The third-order valence-corrected chi connectivity index (χ3v) is 5.75. The Labute approximate surface area is 171 Å². The molecule has 156 valence electrons. The van der Waals surface area contributed by atoms with E-state index in [2.05, 4.69) is 0 Å². The van der Waals surface area contributed by atoms with Crippen molar-refractivity contribution < 1.29 is 28.6 Å². The Balaban J connectivity index is 1.40. The monoisotopic (exact) mass is 411 g/mol. The lowest BCUT2D eigenvalue weighted by Crippen LogP contribution is -2.33. The van der Waals surface area contributed by atoms with E-state index < -0.39 is 11.6 Å². The van der Waals surface area contributed by atoms with Gasteiger partial charge in [-0.2, -0.15) is 0 Å². The lowest BCUT2D eigenvalue weighted by molar-refractivity contribution is -0.146.